The lowest BCUT2D eigenvalue weighted by Crippen LogP contribution is -2.47. The summed E-state index contributed by atoms with van der Waals surface area (Å²) in [4.78, 5) is 20.4. The zero-order valence-corrected chi connectivity index (χ0v) is 19.2. The molecule has 184 valence electrons. The number of amides is 1. The van der Waals surface area contributed by atoms with Crippen molar-refractivity contribution in [3.63, 3.8) is 0 Å². The third kappa shape index (κ3) is 5.11. The quantitative estimate of drug-likeness (QED) is 0.635. The number of hydrogen-bond acceptors (Lipinski definition) is 6. The Kier molecular flexibility index (Phi) is 6.45. The average molecular weight is 501 g/mol. The van der Waals surface area contributed by atoms with E-state index >= 15 is 0 Å². The van der Waals surface area contributed by atoms with Gasteiger partial charge in [0.25, 0.3) is 0 Å². The molecule has 12 heteroatoms. The maximum atomic E-state index is 14.4. The smallest absolute Gasteiger partial charge is 0.371 e. The molecule has 0 aliphatic carbocycles. The molecule has 2 aliphatic heterocycles. The number of piperidine rings is 1. The van der Waals surface area contributed by atoms with Crippen molar-refractivity contribution >= 4 is 27.2 Å². The summed E-state index contributed by atoms with van der Waals surface area (Å²) >= 11 is 0. The van der Waals surface area contributed by atoms with Gasteiger partial charge in [0.05, 0.1) is 16.1 Å². The van der Waals surface area contributed by atoms with Crippen molar-refractivity contribution < 1.29 is 30.8 Å². The summed E-state index contributed by atoms with van der Waals surface area (Å²) in [5.74, 6) is -0.434. The van der Waals surface area contributed by atoms with E-state index in [2.05, 4.69) is 10.3 Å². The highest BCUT2D eigenvalue weighted by molar-refractivity contribution is 7.90. The number of benzene rings is 1. The molecule has 1 atom stereocenters. The third-order valence-corrected chi connectivity index (χ3v) is 7.35. The number of nitrogens with zero attached hydrogens (tertiary/aromatic N) is 3. The van der Waals surface area contributed by atoms with Crippen molar-refractivity contribution in [1.82, 2.24) is 9.88 Å². The lowest BCUT2D eigenvalue weighted by molar-refractivity contribution is -0.137. The van der Waals surface area contributed by atoms with Crippen LogP contribution < -0.4 is 10.2 Å². The number of nitrogens with one attached hydrogen (secondary N) is 1. The average Bonchev–Trinajstić information content (AvgIpc) is 3.14. The summed E-state index contributed by atoms with van der Waals surface area (Å²) in [6, 6.07) is 5.26. The molecule has 4 rings (SSSR count). The van der Waals surface area contributed by atoms with E-state index in [1.807, 2.05) is 4.90 Å². The first kappa shape index (κ1) is 24.2. The Labute approximate surface area is 194 Å². The molecule has 2 saturated heterocycles. The Balaban J connectivity index is 1.34. The van der Waals surface area contributed by atoms with E-state index in [1.54, 1.807) is 4.90 Å². The molecule has 0 radical (unpaired) electrons. The summed E-state index contributed by atoms with van der Waals surface area (Å²) in [6.45, 7) is 1.60. The largest absolute Gasteiger partial charge is 0.417 e. The van der Waals surface area contributed by atoms with Crippen LogP contribution in [0.25, 0.3) is 0 Å². The summed E-state index contributed by atoms with van der Waals surface area (Å²) < 4.78 is 75.8. The molecular formula is C22H24F4N4O3S. The topological polar surface area (TPSA) is 82.6 Å². The first-order chi connectivity index (χ1) is 15.9. The van der Waals surface area contributed by atoms with E-state index in [0.29, 0.717) is 44.7 Å². The van der Waals surface area contributed by atoms with Crippen LogP contribution >= 0.6 is 0 Å². The fraction of sp³-hybridized carbons (Fsp3) is 0.455. The van der Waals surface area contributed by atoms with Gasteiger partial charge in [0.2, 0.25) is 5.91 Å². The maximum Gasteiger partial charge on any atom is 0.417 e. The van der Waals surface area contributed by atoms with Crippen LogP contribution in [0.4, 0.5) is 29.1 Å². The van der Waals surface area contributed by atoms with E-state index in [9.17, 15) is 30.8 Å². The molecule has 0 saturated carbocycles. The van der Waals surface area contributed by atoms with Crippen LogP contribution in [-0.4, -0.2) is 62.2 Å². The Morgan fingerprint density at radius 3 is 2.32 bits per heavy atom. The molecule has 1 amide bonds. The Bertz CT molecular complexity index is 1160. The van der Waals surface area contributed by atoms with Crippen LogP contribution in [0.5, 0.6) is 0 Å². The van der Waals surface area contributed by atoms with Crippen LogP contribution in [0.1, 0.15) is 24.8 Å². The highest BCUT2D eigenvalue weighted by Crippen LogP contribution is 2.31. The number of pyridine rings is 1. The van der Waals surface area contributed by atoms with Crippen molar-refractivity contribution in [3.05, 3.63) is 47.9 Å². The number of carbonyl (C=O) groups excluding carboxylic acids is 1. The van der Waals surface area contributed by atoms with Crippen LogP contribution in [0.2, 0.25) is 0 Å². The first-order valence-corrected chi connectivity index (χ1v) is 12.7. The van der Waals surface area contributed by atoms with Gasteiger partial charge in [-0.2, -0.15) is 13.2 Å². The molecule has 0 bridgehead atoms. The number of alkyl halides is 3. The summed E-state index contributed by atoms with van der Waals surface area (Å²) in [7, 11) is -3.54. The molecule has 2 aliphatic rings. The van der Waals surface area contributed by atoms with Gasteiger partial charge < -0.3 is 15.1 Å². The lowest BCUT2D eigenvalue weighted by Gasteiger charge is -2.37. The van der Waals surface area contributed by atoms with Crippen molar-refractivity contribution in [2.45, 2.75) is 42.4 Å². The minimum atomic E-state index is -4.43. The molecule has 1 unspecified atom stereocenters. The predicted molar refractivity (Wildman–Crippen MR) is 118 cm³/mol. The molecule has 1 aromatic carbocycles. The molecule has 2 aromatic rings. The fourth-order valence-electron chi connectivity index (χ4n) is 4.38. The number of rotatable bonds is 5. The van der Waals surface area contributed by atoms with Crippen LogP contribution in [0.15, 0.2) is 41.4 Å². The molecule has 1 N–H and O–H groups in total. The number of hydrogen-bond donors (Lipinski definition) is 1. The molecule has 2 fully saturated rings. The van der Waals surface area contributed by atoms with Gasteiger partial charge in [0.1, 0.15) is 17.7 Å². The molecule has 34 heavy (non-hydrogen) atoms. The SMILES string of the molecule is CS(=O)(=O)c1ccc(NC2CCN(C3CCN(c4ccc(C(F)(F)F)cn4)CC3)C2=O)c(F)c1. The Hall–Kier alpha value is -2.89. The van der Waals surface area contributed by atoms with E-state index < -0.39 is 33.4 Å². The van der Waals surface area contributed by atoms with Crippen LogP contribution in [0.3, 0.4) is 0 Å². The van der Waals surface area contributed by atoms with E-state index in [4.69, 9.17) is 0 Å². The van der Waals surface area contributed by atoms with E-state index in [0.717, 1.165) is 24.6 Å². The van der Waals surface area contributed by atoms with Crippen molar-refractivity contribution in [2.24, 2.45) is 0 Å². The third-order valence-electron chi connectivity index (χ3n) is 6.24. The fourth-order valence-corrected chi connectivity index (χ4v) is 5.01. The van der Waals surface area contributed by atoms with Gasteiger partial charge in [-0.25, -0.2) is 17.8 Å². The predicted octanol–water partition coefficient (Wildman–Crippen LogP) is 3.32. The molecular weight excluding hydrogens is 476 g/mol. The second kappa shape index (κ2) is 9.05. The maximum absolute atomic E-state index is 14.4. The normalized spacial score (nSPS) is 20.1. The number of carbonyl (C=O) groups is 1. The molecule has 3 heterocycles. The minimum Gasteiger partial charge on any atom is -0.371 e. The van der Waals surface area contributed by atoms with E-state index in [-0.39, 0.29) is 22.5 Å². The number of aromatic nitrogens is 1. The summed E-state index contributed by atoms with van der Waals surface area (Å²) in [6.07, 6.45) is -0.864. The van der Waals surface area contributed by atoms with Gasteiger partial charge in [-0.05, 0) is 49.6 Å². The standard InChI is InChI=1S/C22H24F4N4O3S/c1-34(32,33)16-3-4-18(17(23)12-16)28-19-8-11-30(21(19)31)15-6-9-29(10-7-15)20-5-2-14(13-27-20)22(24,25)26/h2-5,12-13,15,19,28H,6-11H2,1H3. The molecule has 7 nitrogen and oxygen atoms in total. The zero-order chi connectivity index (χ0) is 24.7. The highest BCUT2D eigenvalue weighted by Gasteiger charge is 2.38. The summed E-state index contributed by atoms with van der Waals surface area (Å²) in [5, 5.41) is 2.89. The molecule has 1 aromatic heterocycles. The number of anilines is 2. The number of halogens is 4. The Morgan fingerprint density at radius 1 is 1.06 bits per heavy atom. The minimum absolute atomic E-state index is 0.0255. The van der Waals surface area contributed by atoms with Crippen molar-refractivity contribution in [2.75, 3.05) is 36.1 Å². The number of sulfone groups is 1. The summed E-state index contributed by atoms with van der Waals surface area (Å²) in [5.41, 5.74) is -0.731. The first-order valence-electron chi connectivity index (χ1n) is 10.8. The number of likely N-dealkylation sites (tertiary alicyclic amines) is 1. The van der Waals surface area contributed by atoms with Gasteiger partial charge in [-0.15, -0.1) is 0 Å². The van der Waals surface area contributed by atoms with Crippen molar-refractivity contribution in [1.29, 1.82) is 0 Å². The van der Waals surface area contributed by atoms with Gasteiger partial charge in [0.15, 0.2) is 9.84 Å². The lowest BCUT2D eigenvalue weighted by atomic mass is 10.0. The van der Waals surface area contributed by atoms with Crippen LogP contribution in [-0.2, 0) is 20.8 Å². The van der Waals surface area contributed by atoms with Gasteiger partial charge in [-0.1, -0.05) is 0 Å². The van der Waals surface area contributed by atoms with Gasteiger partial charge in [0, 0.05) is 38.1 Å². The van der Waals surface area contributed by atoms with E-state index in [1.165, 1.54) is 18.2 Å². The van der Waals surface area contributed by atoms with Gasteiger partial charge >= 0.3 is 6.18 Å². The zero-order valence-electron chi connectivity index (χ0n) is 18.3. The second-order valence-corrected chi connectivity index (χ2v) is 10.6. The monoisotopic (exact) mass is 500 g/mol. The Morgan fingerprint density at radius 2 is 1.76 bits per heavy atom. The molecule has 0 spiro atoms. The van der Waals surface area contributed by atoms with Crippen molar-refractivity contribution in [3.8, 4) is 0 Å². The second-order valence-electron chi connectivity index (χ2n) is 8.55. The van der Waals surface area contributed by atoms with Crippen LogP contribution in [0, 0.1) is 5.82 Å². The highest BCUT2D eigenvalue weighted by atomic mass is 32.2. The van der Waals surface area contributed by atoms with Gasteiger partial charge in [-0.3, -0.25) is 4.79 Å².